The monoisotopic (exact) mass is 366 g/mol. The first kappa shape index (κ1) is 19.2. The van der Waals surface area contributed by atoms with Gasteiger partial charge >= 0.3 is 0 Å². The second kappa shape index (κ2) is 8.82. The van der Waals surface area contributed by atoms with Crippen LogP contribution in [-0.4, -0.2) is 35.7 Å². The summed E-state index contributed by atoms with van der Waals surface area (Å²) in [5, 5.41) is 10.1. The van der Waals surface area contributed by atoms with Gasteiger partial charge in [0, 0.05) is 12.0 Å². The molecule has 1 aromatic heterocycles. The Morgan fingerprint density at radius 1 is 1.44 bits per heavy atom. The maximum atomic E-state index is 12.2. The molecule has 2 aromatic rings. The van der Waals surface area contributed by atoms with Crippen molar-refractivity contribution in [1.29, 1.82) is 0 Å². The first-order valence-electron chi connectivity index (χ1n) is 8.14. The number of carbonyl (C=O) groups excluding carboxylic acids is 1. The summed E-state index contributed by atoms with van der Waals surface area (Å²) in [5.41, 5.74) is 0.626. The number of halogens is 1. The van der Waals surface area contributed by atoms with Gasteiger partial charge < -0.3 is 19.9 Å². The van der Waals surface area contributed by atoms with Crippen molar-refractivity contribution >= 4 is 24.0 Å². The van der Waals surface area contributed by atoms with E-state index >= 15 is 0 Å². The number of amides is 1. The molecule has 25 heavy (non-hydrogen) atoms. The normalized spacial score (nSPS) is 19.8. The van der Waals surface area contributed by atoms with Gasteiger partial charge in [0.15, 0.2) is 5.82 Å². The highest BCUT2D eigenvalue weighted by Gasteiger charge is 2.25. The van der Waals surface area contributed by atoms with Crippen molar-refractivity contribution in [2.75, 3.05) is 19.0 Å². The predicted octanol–water partition coefficient (Wildman–Crippen LogP) is 2.54. The summed E-state index contributed by atoms with van der Waals surface area (Å²) < 4.78 is 10.6. The van der Waals surface area contributed by atoms with Crippen molar-refractivity contribution in [3.05, 3.63) is 36.0 Å². The van der Waals surface area contributed by atoms with E-state index in [1.165, 1.54) is 0 Å². The molecule has 136 valence electrons. The van der Waals surface area contributed by atoms with Gasteiger partial charge in [-0.1, -0.05) is 17.3 Å². The Kier molecular flexibility index (Phi) is 6.78. The van der Waals surface area contributed by atoms with Crippen LogP contribution in [0.15, 0.2) is 28.8 Å². The Morgan fingerprint density at radius 2 is 2.24 bits per heavy atom. The second-order valence-corrected chi connectivity index (χ2v) is 6.05. The fourth-order valence-corrected chi connectivity index (χ4v) is 2.95. The standard InChI is InChI=1S/C17H22N4O3.ClH/c1-11-9-12(7-8-18-11)17-20-15(21-24-17)10-16(22)19-13-5-3-4-6-14(13)23-2;/h3-6,11-12,18H,7-10H2,1-2H3,(H,19,22);1H/t11-,12-;/m0./s1. The lowest BCUT2D eigenvalue weighted by Crippen LogP contribution is -2.34. The van der Waals surface area contributed by atoms with Crippen molar-refractivity contribution in [3.8, 4) is 5.75 Å². The van der Waals surface area contributed by atoms with Crippen LogP contribution >= 0.6 is 12.4 Å². The molecule has 2 heterocycles. The average molecular weight is 367 g/mol. The van der Waals surface area contributed by atoms with Gasteiger partial charge in [-0.2, -0.15) is 4.98 Å². The smallest absolute Gasteiger partial charge is 0.232 e. The van der Waals surface area contributed by atoms with Crippen molar-refractivity contribution < 1.29 is 14.1 Å². The number of nitrogens with zero attached hydrogens (tertiary/aromatic N) is 2. The molecule has 2 N–H and O–H groups in total. The van der Waals surface area contributed by atoms with Crippen LogP contribution in [0, 0.1) is 0 Å². The molecule has 2 atom stereocenters. The van der Waals surface area contributed by atoms with Gasteiger partial charge in [-0.15, -0.1) is 12.4 Å². The molecule has 0 saturated carbocycles. The third-order valence-electron chi connectivity index (χ3n) is 4.16. The van der Waals surface area contributed by atoms with Crippen LogP contribution in [-0.2, 0) is 11.2 Å². The molecule has 1 aromatic carbocycles. The molecular weight excluding hydrogens is 344 g/mol. The zero-order valence-corrected chi connectivity index (χ0v) is 15.1. The number of hydrogen-bond acceptors (Lipinski definition) is 6. The lowest BCUT2D eigenvalue weighted by atomic mass is 9.93. The fourth-order valence-electron chi connectivity index (χ4n) is 2.95. The summed E-state index contributed by atoms with van der Waals surface area (Å²) in [7, 11) is 1.57. The molecule has 0 unspecified atom stereocenters. The van der Waals surface area contributed by atoms with Crippen LogP contribution < -0.4 is 15.4 Å². The van der Waals surface area contributed by atoms with E-state index in [1.54, 1.807) is 19.2 Å². The largest absolute Gasteiger partial charge is 0.495 e. The topological polar surface area (TPSA) is 89.3 Å². The molecule has 0 bridgehead atoms. The minimum Gasteiger partial charge on any atom is -0.495 e. The Hall–Kier alpha value is -2.12. The van der Waals surface area contributed by atoms with E-state index in [2.05, 4.69) is 27.7 Å². The lowest BCUT2D eigenvalue weighted by Gasteiger charge is -2.25. The molecule has 8 heteroatoms. The number of nitrogens with one attached hydrogen (secondary N) is 2. The molecule has 0 aliphatic carbocycles. The SMILES string of the molecule is COc1ccccc1NC(=O)Cc1noc([C@H]2CCN[C@@H](C)C2)n1.Cl. The van der Waals surface area contributed by atoms with E-state index < -0.39 is 0 Å². The molecular formula is C17H23ClN4O3. The van der Waals surface area contributed by atoms with Crippen molar-refractivity contribution in [1.82, 2.24) is 15.5 Å². The Bertz CT molecular complexity index is 707. The first-order chi connectivity index (χ1) is 11.7. The minimum absolute atomic E-state index is 0. The molecule has 1 saturated heterocycles. The van der Waals surface area contributed by atoms with Crippen LogP contribution in [0.2, 0.25) is 0 Å². The van der Waals surface area contributed by atoms with Gasteiger partial charge in [0.2, 0.25) is 11.8 Å². The summed E-state index contributed by atoms with van der Waals surface area (Å²) in [4.78, 5) is 16.6. The van der Waals surface area contributed by atoms with Crippen molar-refractivity contribution in [2.24, 2.45) is 0 Å². The van der Waals surface area contributed by atoms with Crippen LogP contribution in [0.4, 0.5) is 5.69 Å². The quantitative estimate of drug-likeness (QED) is 0.845. The van der Waals surface area contributed by atoms with E-state index in [0.29, 0.717) is 29.2 Å². The molecule has 1 aliphatic heterocycles. The number of piperidine rings is 1. The third-order valence-corrected chi connectivity index (χ3v) is 4.16. The van der Waals surface area contributed by atoms with Gasteiger partial charge in [-0.3, -0.25) is 4.79 Å². The number of hydrogen-bond donors (Lipinski definition) is 2. The minimum atomic E-state index is -0.203. The number of aromatic nitrogens is 2. The van der Waals surface area contributed by atoms with E-state index in [9.17, 15) is 4.79 Å². The van der Waals surface area contributed by atoms with Crippen LogP contribution in [0.5, 0.6) is 5.75 Å². The summed E-state index contributed by atoms with van der Waals surface area (Å²) in [6.45, 7) is 3.09. The summed E-state index contributed by atoms with van der Waals surface area (Å²) in [6, 6.07) is 7.70. The highest BCUT2D eigenvalue weighted by molar-refractivity contribution is 5.93. The third kappa shape index (κ3) is 4.93. The van der Waals surface area contributed by atoms with E-state index in [-0.39, 0.29) is 30.7 Å². The van der Waals surface area contributed by atoms with Crippen molar-refractivity contribution in [2.45, 2.75) is 38.1 Å². The zero-order valence-electron chi connectivity index (χ0n) is 14.3. The Morgan fingerprint density at radius 3 is 3.00 bits per heavy atom. The van der Waals surface area contributed by atoms with E-state index in [4.69, 9.17) is 9.26 Å². The molecule has 0 radical (unpaired) electrons. The van der Waals surface area contributed by atoms with Gasteiger partial charge in [-0.25, -0.2) is 0 Å². The van der Waals surface area contributed by atoms with Crippen LogP contribution in [0.1, 0.15) is 37.4 Å². The summed E-state index contributed by atoms with van der Waals surface area (Å²) >= 11 is 0. The highest BCUT2D eigenvalue weighted by atomic mass is 35.5. The van der Waals surface area contributed by atoms with Crippen LogP contribution in [0.25, 0.3) is 0 Å². The van der Waals surface area contributed by atoms with Crippen LogP contribution in [0.3, 0.4) is 0 Å². The number of methoxy groups -OCH3 is 1. The maximum absolute atomic E-state index is 12.2. The van der Waals surface area contributed by atoms with E-state index in [1.807, 2.05) is 12.1 Å². The Labute approximate surface area is 152 Å². The molecule has 3 rings (SSSR count). The molecule has 0 spiro atoms. The number of benzene rings is 1. The van der Waals surface area contributed by atoms with E-state index in [0.717, 1.165) is 19.4 Å². The number of rotatable bonds is 5. The van der Waals surface area contributed by atoms with Gasteiger partial charge in [0.1, 0.15) is 5.75 Å². The maximum Gasteiger partial charge on any atom is 0.232 e. The predicted molar refractivity (Wildman–Crippen MR) is 96.3 cm³/mol. The van der Waals surface area contributed by atoms with Gasteiger partial charge in [0.25, 0.3) is 0 Å². The summed E-state index contributed by atoms with van der Waals surface area (Å²) in [6.07, 6.45) is 2.01. The average Bonchev–Trinajstić information content (AvgIpc) is 3.03. The molecule has 1 fully saturated rings. The van der Waals surface area contributed by atoms with Gasteiger partial charge in [-0.05, 0) is 38.4 Å². The summed E-state index contributed by atoms with van der Waals surface area (Å²) in [5.74, 6) is 1.71. The number of carbonyl (C=O) groups is 1. The number of para-hydroxylation sites is 2. The van der Waals surface area contributed by atoms with Gasteiger partial charge in [0.05, 0.1) is 19.2 Å². The molecule has 7 nitrogen and oxygen atoms in total. The van der Waals surface area contributed by atoms with Crippen molar-refractivity contribution in [3.63, 3.8) is 0 Å². The lowest BCUT2D eigenvalue weighted by molar-refractivity contribution is -0.115. The highest BCUT2D eigenvalue weighted by Crippen LogP contribution is 2.26. The first-order valence-corrected chi connectivity index (χ1v) is 8.14. The second-order valence-electron chi connectivity index (χ2n) is 6.05. The molecule has 1 aliphatic rings. The number of ether oxygens (including phenoxy) is 1. The zero-order chi connectivity index (χ0) is 16.9. The fraction of sp³-hybridized carbons (Fsp3) is 0.471. The molecule has 1 amide bonds. The number of anilines is 1. The Balaban J connectivity index is 0.00000225.